The SMILES string of the molecule is c1ccc(N(c2cc(-c3ccc4c(c3)c3cc5ccc6oc7ccccc7c6c5cc3n4-c3ccccc3)cc(N(c3ccccc3)c3ccc4oc5ccccc5c4c3)c2)c2ccc3ccccc3c2)cc1. The molecule has 0 spiro atoms. The molecular weight excluding hydrogens is 891 g/mol. The van der Waals surface area contributed by atoms with E-state index in [1.54, 1.807) is 0 Å². The number of furan rings is 2. The minimum atomic E-state index is 0.859. The van der Waals surface area contributed by atoms with E-state index >= 15 is 0 Å². The molecule has 5 heteroatoms. The molecule has 0 radical (unpaired) electrons. The maximum atomic E-state index is 6.41. The van der Waals surface area contributed by atoms with Gasteiger partial charge in [-0.1, -0.05) is 133 Å². The molecule has 0 amide bonds. The van der Waals surface area contributed by atoms with Crippen molar-refractivity contribution in [2.45, 2.75) is 0 Å². The van der Waals surface area contributed by atoms with Gasteiger partial charge in [0.05, 0.1) is 11.0 Å². The smallest absolute Gasteiger partial charge is 0.136 e. The lowest BCUT2D eigenvalue weighted by Crippen LogP contribution is -2.13. The quantitative estimate of drug-likeness (QED) is 0.152. The summed E-state index contributed by atoms with van der Waals surface area (Å²) in [5.74, 6) is 0. The van der Waals surface area contributed by atoms with Crippen molar-refractivity contribution in [2.75, 3.05) is 9.80 Å². The molecule has 0 N–H and O–H groups in total. The third kappa shape index (κ3) is 6.71. The van der Waals surface area contributed by atoms with E-state index in [0.29, 0.717) is 0 Å². The number of aromatic nitrogens is 1. The maximum absolute atomic E-state index is 6.41. The second-order valence-corrected chi connectivity index (χ2v) is 18.9. The van der Waals surface area contributed by atoms with Crippen molar-refractivity contribution < 1.29 is 8.83 Å². The molecule has 5 nitrogen and oxygen atoms in total. The lowest BCUT2D eigenvalue weighted by molar-refractivity contribution is 0.668. The molecule has 3 heterocycles. The van der Waals surface area contributed by atoms with Crippen LogP contribution in [-0.2, 0) is 0 Å². The molecule has 0 unspecified atom stereocenters. The normalized spacial score (nSPS) is 11.8. The molecular formula is C68H43N3O2. The van der Waals surface area contributed by atoms with E-state index in [0.717, 1.165) is 106 Å². The topological polar surface area (TPSA) is 37.7 Å². The molecule has 0 aliphatic rings. The summed E-state index contributed by atoms with van der Waals surface area (Å²) in [4.78, 5) is 4.77. The van der Waals surface area contributed by atoms with E-state index < -0.39 is 0 Å². The summed E-state index contributed by atoms with van der Waals surface area (Å²) in [5, 5.41) is 11.5. The Morgan fingerprint density at radius 1 is 0.260 bits per heavy atom. The lowest BCUT2D eigenvalue weighted by atomic mass is 9.98. The average molecular weight is 934 g/mol. The lowest BCUT2D eigenvalue weighted by Gasteiger charge is -2.30. The fourth-order valence-electron chi connectivity index (χ4n) is 11.3. The van der Waals surface area contributed by atoms with Crippen LogP contribution in [0.25, 0.3) is 104 Å². The largest absolute Gasteiger partial charge is 0.456 e. The van der Waals surface area contributed by atoms with Crippen LogP contribution in [0.4, 0.5) is 34.1 Å². The highest BCUT2D eigenvalue weighted by Gasteiger charge is 2.23. The number of anilines is 6. The Labute approximate surface area is 420 Å². The monoisotopic (exact) mass is 933 g/mol. The summed E-state index contributed by atoms with van der Waals surface area (Å²) >= 11 is 0. The van der Waals surface area contributed by atoms with E-state index in [9.17, 15) is 0 Å². The standard InChI is InChI=1S/C68H43N3O2/c1-4-18-49(19-5-1)69(52-31-28-44-16-10-11-17-45(44)36-52)54-37-48(38-55(41-54)70(50-20-6-2-7-21-50)53-32-35-66-61(42-53)56-24-12-14-26-64(56)72-66)46-29-33-62-59(39-46)60-40-47-30-34-67-68(57-25-13-15-27-65(57)73-67)58(47)43-63(60)71(62)51-22-8-3-9-23-51/h1-43H. The van der Waals surface area contributed by atoms with Gasteiger partial charge in [-0.2, -0.15) is 0 Å². The van der Waals surface area contributed by atoms with Crippen molar-refractivity contribution in [1.29, 1.82) is 0 Å². The van der Waals surface area contributed by atoms with Crippen molar-refractivity contribution >= 4 is 121 Å². The third-order valence-electron chi connectivity index (χ3n) is 14.6. The number of rotatable bonds is 8. The minimum absolute atomic E-state index is 0.859. The molecule has 73 heavy (non-hydrogen) atoms. The summed E-state index contributed by atoms with van der Waals surface area (Å²) < 4.78 is 15.2. The minimum Gasteiger partial charge on any atom is -0.456 e. The van der Waals surface area contributed by atoms with Crippen LogP contribution in [0.5, 0.6) is 0 Å². The van der Waals surface area contributed by atoms with Crippen LogP contribution >= 0.6 is 0 Å². The Kier molecular flexibility index (Phi) is 9.19. The fourth-order valence-corrected chi connectivity index (χ4v) is 11.3. The van der Waals surface area contributed by atoms with Crippen molar-refractivity contribution in [3.8, 4) is 16.8 Å². The summed E-state index contributed by atoms with van der Waals surface area (Å²) in [7, 11) is 0. The van der Waals surface area contributed by atoms with Crippen LogP contribution in [0.15, 0.2) is 270 Å². The zero-order chi connectivity index (χ0) is 48.0. The number of hydrogen-bond donors (Lipinski definition) is 0. The summed E-state index contributed by atoms with van der Waals surface area (Å²) in [6.07, 6.45) is 0. The van der Waals surface area contributed by atoms with E-state index in [4.69, 9.17) is 8.83 Å². The van der Waals surface area contributed by atoms with Gasteiger partial charge in [0.15, 0.2) is 0 Å². The number of fused-ring (bicyclic) bond motifs is 12. The van der Waals surface area contributed by atoms with E-state index in [1.807, 2.05) is 18.2 Å². The van der Waals surface area contributed by atoms with Gasteiger partial charge in [0.25, 0.3) is 0 Å². The highest BCUT2D eigenvalue weighted by atomic mass is 16.3. The molecule has 15 rings (SSSR count). The van der Waals surface area contributed by atoms with Gasteiger partial charge in [-0.25, -0.2) is 0 Å². The second-order valence-electron chi connectivity index (χ2n) is 18.9. The average Bonchev–Trinajstić information content (AvgIpc) is 4.13. The van der Waals surface area contributed by atoms with Crippen LogP contribution in [0.2, 0.25) is 0 Å². The van der Waals surface area contributed by atoms with E-state index in [1.165, 1.54) is 32.3 Å². The summed E-state index contributed by atoms with van der Waals surface area (Å²) in [5.41, 5.74) is 15.3. The first-order chi connectivity index (χ1) is 36.2. The molecule has 12 aromatic carbocycles. The van der Waals surface area contributed by atoms with Gasteiger partial charge in [-0.15, -0.1) is 0 Å². The van der Waals surface area contributed by atoms with Gasteiger partial charge in [0.2, 0.25) is 0 Å². The highest BCUT2D eigenvalue weighted by Crippen LogP contribution is 2.47. The summed E-state index contributed by atoms with van der Waals surface area (Å²) in [6, 6.07) is 93.9. The molecule has 0 atom stereocenters. The van der Waals surface area contributed by atoms with Gasteiger partial charge in [-0.05, 0) is 160 Å². The molecule has 0 bridgehead atoms. The Balaban J connectivity index is 1.00. The molecule has 342 valence electrons. The molecule has 15 aromatic rings. The zero-order valence-corrected chi connectivity index (χ0v) is 39.5. The van der Waals surface area contributed by atoms with Crippen LogP contribution < -0.4 is 9.80 Å². The van der Waals surface area contributed by atoms with Crippen LogP contribution in [-0.4, -0.2) is 4.57 Å². The Bertz CT molecular complexity index is 4630. The van der Waals surface area contributed by atoms with Crippen molar-refractivity contribution in [3.05, 3.63) is 261 Å². The molecule has 3 aromatic heterocycles. The van der Waals surface area contributed by atoms with E-state index in [-0.39, 0.29) is 0 Å². The van der Waals surface area contributed by atoms with Gasteiger partial charge in [0.1, 0.15) is 22.3 Å². The predicted molar refractivity (Wildman–Crippen MR) is 305 cm³/mol. The molecule has 0 aliphatic carbocycles. The Morgan fingerprint density at radius 2 is 0.822 bits per heavy atom. The Hall–Kier alpha value is -9.84. The van der Waals surface area contributed by atoms with Gasteiger partial charge in [0, 0.05) is 72.1 Å². The van der Waals surface area contributed by atoms with Crippen LogP contribution in [0, 0.1) is 0 Å². The molecule has 0 aliphatic heterocycles. The predicted octanol–water partition coefficient (Wildman–Crippen LogP) is 19.5. The number of benzene rings is 12. The summed E-state index contributed by atoms with van der Waals surface area (Å²) in [6.45, 7) is 0. The first-order valence-electron chi connectivity index (χ1n) is 24.8. The van der Waals surface area contributed by atoms with Crippen LogP contribution in [0.3, 0.4) is 0 Å². The van der Waals surface area contributed by atoms with Crippen molar-refractivity contribution in [3.63, 3.8) is 0 Å². The molecule has 0 saturated carbocycles. The number of hydrogen-bond acceptors (Lipinski definition) is 4. The maximum Gasteiger partial charge on any atom is 0.136 e. The highest BCUT2D eigenvalue weighted by molar-refractivity contribution is 6.23. The first-order valence-corrected chi connectivity index (χ1v) is 24.8. The van der Waals surface area contributed by atoms with E-state index in [2.05, 4.69) is 257 Å². The van der Waals surface area contributed by atoms with Gasteiger partial charge >= 0.3 is 0 Å². The molecule has 0 fully saturated rings. The number of para-hydroxylation sites is 5. The van der Waals surface area contributed by atoms with Crippen LogP contribution in [0.1, 0.15) is 0 Å². The fraction of sp³-hybridized carbons (Fsp3) is 0. The first kappa shape index (κ1) is 41.0. The third-order valence-corrected chi connectivity index (χ3v) is 14.6. The van der Waals surface area contributed by atoms with Gasteiger partial charge in [-0.3, -0.25) is 0 Å². The molecule has 0 saturated heterocycles. The van der Waals surface area contributed by atoms with Crippen molar-refractivity contribution in [2.24, 2.45) is 0 Å². The van der Waals surface area contributed by atoms with Crippen molar-refractivity contribution in [1.82, 2.24) is 4.57 Å². The van der Waals surface area contributed by atoms with Gasteiger partial charge < -0.3 is 23.2 Å². The zero-order valence-electron chi connectivity index (χ0n) is 39.5. The second kappa shape index (κ2) is 16.4. The number of nitrogens with zero attached hydrogens (tertiary/aromatic N) is 3. The Morgan fingerprint density at radius 3 is 1.58 bits per heavy atom.